The van der Waals surface area contributed by atoms with Crippen LogP contribution in [0, 0.1) is 0 Å². The van der Waals surface area contributed by atoms with Gasteiger partial charge in [-0.25, -0.2) is 0 Å². The third kappa shape index (κ3) is 4.92. The number of halogens is 1. The molecule has 0 fully saturated rings. The van der Waals surface area contributed by atoms with Crippen LogP contribution in [0.5, 0.6) is 0 Å². The van der Waals surface area contributed by atoms with Gasteiger partial charge in [0, 0.05) is 46.1 Å². The van der Waals surface area contributed by atoms with E-state index in [1.54, 1.807) is 61.6 Å². The number of anilines is 3. The lowest BCUT2D eigenvalue weighted by Gasteiger charge is -2.12. The molecule has 1 aliphatic heterocycles. The van der Waals surface area contributed by atoms with Gasteiger partial charge in [-0.05, 0) is 73.2 Å². The number of hydrogen-bond donors (Lipinski definition) is 2. The molecule has 7 nitrogen and oxygen atoms in total. The zero-order valence-corrected chi connectivity index (χ0v) is 20.2. The zero-order valence-electron chi connectivity index (χ0n) is 18.6. The quantitative estimate of drug-likeness (QED) is 0.448. The third-order valence-corrected chi connectivity index (χ3v) is 6.23. The molecule has 0 saturated heterocycles. The van der Waals surface area contributed by atoms with Gasteiger partial charge in [0.25, 0.3) is 5.91 Å². The van der Waals surface area contributed by atoms with Gasteiger partial charge in [-0.1, -0.05) is 22.0 Å². The molecule has 1 atom stereocenters. The van der Waals surface area contributed by atoms with Crippen LogP contribution in [0.2, 0.25) is 0 Å². The van der Waals surface area contributed by atoms with Crippen LogP contribution in [-0.4, -0.2) is 30.6 Å². The molecule has 3 aromatic carbocycles. The van der Waals surface area contributed by atoms with Crippen LogP contribution in [0.4, 0.5) is 17.1 Å². The van der Waals surface area contributed by atoms with E-state index in [1.165, 1.54) is 11.8 Å². The van der Waals surface area contributed by atoms with Crippen LogP contribution < -0.4 is 15.5 Å². The molecule has 172 valence electrons. The summed E-state index contributed by atoms with van der Waals surface area (Å²) in [5.41, 5.74) is 3.34. The second-order valence-corrected chi connectivity index (χ2v) is 8.99. The summed E-state index contributed by atoms with van der Waals surface area (Å²) in [5, 5.41) is 5.59. The summed E-state index contributed by atoms with van der Waals surface area (Å²) in [6.07, 6.45) is -0.0765. The van der Waals surface area contributed by atoms with E-state index in [-0.39, 0.29) is 29.9 Å². The minimum Gasteiger partial charge on any atom is -0.326 e. The molecule has 0 radical (unpaired) electrons. The van der Waals surface area contributed by atoms with Crippen molar-refractivity contribution in [1.82, 2.24) is 0 Å². The van der Waals surface area contributed by atoms with Crippen molar-refractivity contribution in [2.75, 3.05) is 22.6 Å². The Bertz CT molecular complexity index is 1300. The molecule has 0 saturated carbocycles. The van der Waals surface area contributed by atoms with Gasteiger partial charge in [0.15, 0.2) is 5.78 Å². The molecule has 0 spiro atoms. The summed E-state index contributed by atoms with van der Waals surface area (Å²) in [6, 6.07) is 18.9. The monoisotopic (exact) mass is 519 g/mol. The Morgan fingerprint density at radius 2 is 1.65 bits per heavy atom. The molecule has 1 aliphatic rings. The van der Waals surface area contributed by atoms with E-state index >= 15 is 0 Å². The van der Waals surface area contributed by atoms with Crippen molar-refractivity contribution in [3.05, 3.63) is 87.9 Å². The van der Waals surface area contributed by atoms with E-state index in [2.05, 4.69) is 26.6 Å². The number of likely N-dealkylation sites (N-methyl/N-ethyl adjacent to an activating group) is 1. The predicted octanol–water partition coefficient (Wildman–Crippen LogP) is 4.99. The molecular formula is C26H22BrN3O4. The number of carbonyl (C=O) groups excluding carboxylic acids is 4. The Kier molecular flexibility index (Phi) is 6.61. The summed E-state index contributed by atoms with van der Waals surface area (Å²) < 4.78 is 0.905. The van der Waals surface area contributed by atoms with Gasteiger partial charge in [-0.2, -0.15) is 0 Å². The second-order valence-electron chi connectivity index (χ2n) is 8.07. The fraction of sp³-hybridized carbons (Fsp3) is 0.154. The minimum atomic E-state index is -0.678. The van der Waals surface area contributed by atoms with E-state index < -0.39 is 5.92 Å². The lowest BCUT2D eigenvalue weighted by Crippen LogP contribution is -2.26. The number of hydrogen-bond acceptors (Lipinski definition) is 4. The Hall–Kier alpha value is -3.78. The lowest BCUT2D eigenvalue weighted by molar-refractivity contribution is -0.123. The molecule has 1 heterocycles. The number of benzene rings is 3. The fourth-order valence-electron chi connectivity index (χ4n) is 3.91. The van der Waals surface area contributed by atoms with Crippen LogP contribution in [0.25, 0.3) is 0 Å². The number of carbonyl (C=O) groups is 4. The largest absolute Gasteiger partial charge is 0.326 e. The van der Waals surface area contributed by atoms with Gasteiger partial charge in [0.1, 0.15) is 0 Å². The summed E-state index contributed by atoms with van der Waals surface area (Å²) in [7, 11) is 1.65. The average molecular weight is 520 g/mol. The summed E-state index contributed by atoms with van der Waals surface area (Å²) in [5.74, 6) is -1.65. The first kappa shape index (κ1) is 23.4. The number of ketones is 1. The SMILES string of the molecule is CC(=O)c1ccc2c(c1)C(CC(=O)Nc1cccc(C(=O)Nc3ccc(Br)cc3)c1)C(=O)N2C. The maximum Gasteiger partial charge on any atom is 0.255 e. The van der Waals surface area contributed by atoms with Crippen LogP contribution in [0.3, 0.4) is 0 Å². The van der Waals surface area contributed by atoms with Crippen molar-refractivity contribution in [2.45, 2.75) is 19.3 Å². The molecule has 0 bridgehead atoms. The Labute approximate surface area is 205 Å². The van der Waals surface area contributed by atoms with Crippen LogP contribution in [0.1, 0.15) is 45.5 Å². The van der Waals surface area contributed by atoms with Crippen molar-refractivity contribution in [3.8, 4) is 0 Å². The van der Waals surface area contributed by atoms with Gasteiger partial charge in [-0.15, -0.1) is 0 Å². The van der Waals surface area contributed by atoms with E-state index in [0.717, 1.165) is 4.47 Å². The van der Waals surface area contributed by atoms with E-state index in [9.17, 15) is 19.2 Å². The number of rotatable bonds is 6. The standard InChI is InChI=1S/C26H22BrN3O4/c1-15(31)16-6-11-23-21(13-16)22(26(34)30(23)2)14-24(32)28-20-5-3-4-17(12-20)25(33)29-19-9-7-18(27)8-10-19/h3-13,22H,14H2,1-2H3,(H,28,32)(H,29,33). The van der Waals surface area contributed by atoms with Crippen LogP contribution >= 0.6 is 15.9 Å². The smallest absolute Gasteiger partial charge is 0.255 e. The highest BCUT2D eigenvalue weighted by molar-refractivity contribution is 9.10. The topological polar surface area (TPSA) is 95.6 Å². The van der Waals surface area contributed by atoms with Gasteiger partial charge in [-0.3, -0.25) is 19.2 Å². The highest BCUT2D eigenvalue weighted by Crippen LogP contribution is 2.39. The molecule has 1 unspecified atom stereocenters. The average Bonchev–Trinajstić information content (AvgIpc) is 3.05. The number of nitrogens with one attached hydrogen (secondary N) is 2. The van der Waals surface area contributed by atoms with Crippen molar-refractivity contribution >= 4 is 56.5 Å². The summed E-state index contributed by atoms with van der Waals surface area (Å²) >= 11 is 3.35. The first-order valence-electron chi connectivity index (χ1n) is 10.6. The predicted molar refractivity (Wildman–Crippen MR) is 134 cm³/mol. The molecule has 2 N–H and O–H groups in total. The molecular weight excluding hydrogens is 498 g/mol. The Balaban J connectivity index is 1.46. The van der Waals surface area contributed by atoms with Crippen molar-refractivity contribution in [3.63, 3.8) is 0 Å². The van der Waals surface area contributed by atoms with Crippen molar-refractivity contribution in [1.29, 1.82) is 0 Å². The Morgan fingerprint density at radius 3 is 2.35 bits per heavy atom. The molecule has 3 amide bonds. The van der Waals surface area contributed by atoms with Crippen molar-refractivity contribution < 1.29 is 19.2 Å². The molecule has 34 heavy (non-hydrogen) atoms. The molecule has 0 aliphatic carbocycles. The van der Waals surface area contributed by atoms with Crippen LogP contribution in [-0.2, 0) is 9.59 Å². The molecule has 3 aromatic rings. The summed E-state index contributed by atoms with van der Waals surface area (Å²) in [4.78, 5) is 51.5. The van der Waals surface area contributed by atoms with E-state index in [4.69, 9.17) is 0 Å². The van der Waals surface area contributed by atoms with Gasteiger partial charge < -0.3 is 15.5 Å². The molecule has 0 aromatic heterocycles. The fourth-order valence-corrected chi connectivity index (χ4v) is 4.18. The maximum absolute atomic E-state index is 12.8. The van der Waals surface area contributed by atoms with Gasteiger partial charge in [0.05, 0.1) is 5.92 Å². The molecule has 4 rings (SSSR count). The zero-order chi connectivity index (χ0) is 24.4. The highest BCUT2D eigenvalue weighted by Gasteiger charge is 2.36. The summed E-state index contributed by atoms with van der Waals surface area (Å²) in [6.45, 7) is 1.46. The van der Waals surface area contributed by atoms with Gasteiger partial charge >= 0.3 is 0 Å². The molecule has 8 heteroatoms. The van der Waals surface area contributed by atoms with E-state index in [0.29, 0.717) is 33.8 Å². The normalized spacial score (nSPS) is 14.5. The van der Waals surface area contributed by atoms with Gasteiger partial charge in [0.2, 0.25) is 11.8 Å². The van der Waals surface area contributed by atoms with Crippen molar-refractivity contribution in [2.24, 2.45) is 0 Å². The Morgan fingerprint density at radius 1 is 0.912 bits per heavy atom. The van der Waals surface area contributed by atoms with E-state index in [1.807, 2.05) is 12.1 Å². The first-order chi connectivity index (χ1) is 16.2. The number of amides is 3. The second kappa shape index (κ2) is 9.61. The number of fused-ring (bicyclic) bond motifs is 1. The number of nitrogens with zero attached hydrogens (tertiary/aromatic N) is 1. The maximum atomic E-state index is 12.8. The third-order valence-electron chi connectivity index (χ3n) is 5.70. The highest BCUT2D eigenvalue weighted by atomic mass is 79.9. The number of Topliss-reactive ketones (excluding diaryl/α,β-unsaturated/α-hetero) is 1. The lowest BCUT2D eigenvalue weighted by atomic mass is 9.94. The van der Waals surface area contributed by atoms with Crippen LogP contribution in [0.15, 0.2) is 71.2 Å². The first-order valence-corrected chi connectivity index (χ1v) is 11.4. The minimum absolute atomic E-state index is 0.0765.